The maximum absolute atomic E-state index is 12.9. The lowest BCUT2D eigenvalue weighted by Crippen LogP contribution is -2.68. The standard InChI is InChI=1S/C29H35BrN2O4S/c1-20(33)36-25-5-3-4-22(14-25)28-12-13-32(17-21-6-7-21)19-29(28,35-2)11-10-24(16-28)31-27(34)9-8-26-15-23(30)18-37-26/h3-5,8-9,14-15,18,21,24H,6-7,10-13,16-17,19H2,1-2H3,(H,31,34)/b9-8+/t24-,28+,29+/m1/s1. The number of hydrogen-bond donors (Lipinski definition) is 1. The van der Waals surface area contributed by atoms with Gasteiger partial charge in [0.2, 0.25) is 5.91 Å². The fourth-order valence-corrected chi connectivity index (χ4v) is 7.72. The molecular weight excluding hydrogens is 552 g/mol. The van der Waals surface area contributed by atoms with E-state index in [-0.39, 0.29) is 28.9 Å². The third kappa shape index (κ3) is 5.87. The zero-order valence-electron chi connectivity index (χ0n) is 21.5. The van der Waals surface area contributed by atoms with Crippen molar-refractivity contribution >= 4 is 45.2 Å². The van der Waals surface area contributed by atoms with Crippen LogP contribution in [0.1, 0.15) is 55.9 Å². The van der Waals surface area contributed by atoms with E-state index in [1.807, 2.05) is 42.8 Å². The number of nitrogens with zero attached hydrogens (tertiary/aromatic N) is 1. The molecule has 2 heterocycles. The number of thiophene rings is 1. The first kappa shape index (κ1) is 26.6. The van der Waals surface area contributed by atoms with E-state index in [9.17, 15) is 9.59 Å². The fraction of sp³-hybridized carbons (Fsp3) is 0.517. The summed E-state index contributed by atoms with van der Waals surface area (Å²) >= 11 is 5.06. The summed E-state index contributed by atoms with van der Waals surface area (Å²) in [4.78, 5) is 28.2. The molecule has 6 nitrogen and oxygen atoms in total. The van der Waals surface area contributed by atoms with Crippen molar-refractivity contribution in [3.8, 4) is 5.75 Å². The number of fused-ring (bicyclic) bond motifs is 1. The maximum atomic E-state index is 12.9. The van der Waals surface area contributed by atoms with Gasteiger partial charge in [0.1, 0.15) is 5.75 Å². The Labute approximate surface area is 231 Å². The second kappa shape index (κ2) is 11.0. The minimum absolute atomic E-state index is 0.0304. The number of amides is 1. The Bertz CT molecular complexity index is 1180. The second-order valence-electron chi connectivity index (χ2n) is 10.8. The Morgan fingerprint density at radius 3 is 2.78 bits per heavy atom. The number of piperidine rings is 1. The lowest BCUT2D eigenvalue weighted by Gasteiger charge is -2.60. The van der Waals surface area contributed by atoms with Gasteiger partial charge < -0.3 is 19.7 Å². The highest BCUT2D eigenvalue weighted by atomic mass is 79.9. The minimum Gasteiger partial charge on any atom is -0.427 e. The van der Waals surface area contributed by atoms with Gasteiger partial charge in [-0.25, -0.2) is 0 Å². The number of hydrogen-bond acceptors (Lipinski definition) is 6. The van der Waals surface area contributed by atoms with Crippen LogP contribution < -0.4 is 10.1 Å². The average molecular weight is 588 g/mol. The topological polar surface area (TPSA) is 67.9 Å². The van der Waals surface area contributed by atoms with E-state index in [1.165, 1.54) is 19.8 Å². The van der Waals surface area contributed by atoms with Gasteiger partial charge in [-0.2, -0.15) is 0 Å². The van der Waals surface area contributed by atoms with Crippen LogP contribution in [0.3, 0.4) is 0 Å². The Kier molecular flexibility index (Phi) is 7.91. The third-order valence-electron chi connectivity index (χ3n) is 8.28. The minimum atomic E-state index is -0.366. The normalized spacial score (nSPS) is 28.1. The van der Waals surface area contributed by atoms with Crippen LogP contribution in [0.2, 0.25) is 0 Å². The number of methoxy groups -OCH3 is 1. The van der Waals surface area contributed by atoms with Crippen molar-refractivity contribution in [3.63, 3.8) is 0 Å². The molecule has 3 fully saturated rings. The number of halogens is 1. The first-order chi connectivity index (χ1) is 17.8. The lowest BCUT2D eigenvalue weighted by molar-refractivity contribution is -0.150. The molecule has 0 bridgehead atoms. The van der Waals surface area contributed by atoms with E-state index in [0.29, 0.717) is 5.75 Å². The van der Waals surface area contributed by atoms with E-state index in [2.05, 4.69) is 32.2 Å². The highest BCUT2D eigenvalue weighted by molar-refractivity contribution is 9.10. The number of carbonyl (C=O) groups excluding carboxylic acids is 2. The number of nitrogens with one attached hydrogen (secondary N) is 1. The van der Waals surface area contributed by atoms with E-state index in [0.717, 1.165) is 66.1 Å². The van der Waals surface area contributed by atoms with Gasteiger partial charge in [-0.3, -0.25) is 9.59 Å². The molecule has 37 heavy (non-hydrogen) atoms. The molecule has 198 valence electrons. The molecule has 1 aromatic carbocycles. The molecule has 0 spiro atoms. The Hall–Kier alpha value is -2.00. The molecule has 0 unspecified atom stereocenters. The van der Waals surface area contributed by atoms with Crippen molar-refractivity contribution < 1.29 is 19.1 Å². The van der Waals surface area contributed by atoms with Gasteiger partial charge in [0, 0.05) is 59.4 Å². The highest BCUT2D eigenvalue weighted by Crippen LogP contribution is 2.54. The Morgan fingerprint density at radius 1 is 1.24 bits per heavy atom. The molecule has 2 aromatic rings. The van der Waals surface area contributed by atoms with Crippen LogP contribution in [0.4, 0.5) is 0 Å². The fourth-order valence-electron chi connectivity index (χ4n) is 6.38. The van der Waals surface area contributed by atoms with E-state index >= 15 is 0 Å². The van der Waals surface area contributed by atoms with Crippen LogP contribution in [0.15, 0.2) is 46.3 Å². The largest absolute Gasteiger partial charge is 0.427 e. The lowest BCUT2D eigenvalue weighted by atomic mass is 9.55. The molecule has 3 aliphatic rings. The molecule has 1 aromatic heterocycles. The summed E-state index contributed by atoms with van der Waals surface area (Å²) in [7, 11) is 1.84. The van der Waals surface area contributed by atoms with Crippen molar-refractivity contribution in [2.24, 2.45) is 5.92 Å². The molecule has 3 atom stereocenters. The molecule has 2 aliphatic carbocycles. The summed E-state index contributed by atoms with van der Waals surface area (Å²) in [6.45, 7) is 4.44. The van der Waals surface area contributed by atoms with Crippen LogP contribution >= 0.6 is 27.3 Å². The van der Waals surface area contributed by atoms with Gasteiger partial charge in [-0.05, 0) is 96.8 Å². The summed E-state index contributed by atoms with van der Waals surface area (Å²) in [6, 6.07) is 9.96. The molecule has 1 amide bonds. The van der Waals surface area contributed by atoms with Crippen molar-refractivity contribution in [1.29, 1.82) is 0 Å². The molecule has 5 rings (SSSR count). The van der Waals surface area contributed by atoms with Crippen molar-refractivity contribution in [2.45, 2.75) is 62.5 Å². The van der Waals surface area contributed by atoms with Crippen LogP contribution in [0.25, 0.3) is 6.08 Å². The van der Waals surface area contributed by atoms with Gasteiger partial charge in [0.25, 0.3) is 0 Å². The van der Waals surface area contributed by atoms with Crippen LogP contribution in [0, 0.1) is 5.92 Å². The van der Waals surface area contributed by atoms with Crippen LogP contribution in [-0.4, -0.2) is 55.2 Å². The second-order valence-corrected chi connectivity index (χ2v) is 12.6. The maximum Gasteiger partial charge on any atom is 0.308 e. The summed E-state index contributed by atoms with van der Waals surface area (Å²) in [5.74, 6) is 0.973. The number of carbonyl (C=O) groups is 2. The van der Waals surface area contributed by atoms with Crippen molar-refractivity contribution in [3.05, 3.63) is 56.7 Å². The summed E-state index contributed by atoms with van der Waals surface area (Å²) in [5.41, 5.74) is 0.461. The van der Waals surface area contributed by atoms with E-state index in [1.54, 1.807) is 17.4 Å². The van der Waals surface area contributed by atoms with Gasteiger partial charge in [-0.1, -0.05) is 12.1 Å². The molecular formula is C29H35BrN2O4S. The predicted molar refractivity (Wildman–Crippen MR) is 150 cm³/mol. The zero-order valence-corrected chi connectivity index (χ0v) is 23.9. The number of rotatable bonds is 8. The SMILES string of the molecule is CO[C@]12CC[C@@H](NC(=O)/C=C/c3cc(Br)cs3)C[C@]1(c1cccc(OC(C)=O)c1)CCN(CC1CC1)C2. The third-order valence-corrected chi connectivity index (χ3v) is 9.94. The summed E-state index contributed by atoms with van der Waals surface area (Å²) in [5, 5.41) is 5.28. The molecule has 2 saturated carbocycles. The number of ether oxygens (including phenoxy) is 2. The van der Waals surface area contributed by atoms with Gasteiger partial charge >= 0.3 is 5.97 Å². The highest BCUT2D eigenvalue weighted by Gasteiger charge is 2.59. The molecule has 1 saturated heterocycles. The molecule has 0 radical (unpaired) electrons. The molecule has 8 heteroatoms. The van der Waals surface area contributed by atoms with Gasteiger partial charge in [0.05, 0.1) is 5.60 Å². The molecule has 1 aliphatic heterocycles. The predicted octanol–water partition coefficient (Wildman–Crippen LogP) is 5.56. The number of likely N-dealkylation sites (tertiary alicyclic amines) is 1. The van der Waals surface area contributed by atoms with Crippen molar-refractivity contribution in [2.75, 3.05) is 26.7 Å². The van der Waals surface area contributed by atoms with Crippen LogP contribution in [0.5, 0.6) is 5.75 Å². The average Bonchev–Trinajstić information content (AvgIpc) is 3.59. The quantitative estimate of drug-likeness (QED) is 0.249. The van der Waals surface area contributed by atoms with E-state index in [4.69, 9.17) is 9.47 Å². The van der Waals surface area contributed by atoms with Crippen molar-refractivity contribution in [1.82, 2.24) is 10.2 Å². The van der Waals surface area contributed by atoms with Gasteiger partial charge in [0.15, 0.2) is 0 Å². The Morgan fingerprint density at radius 2 is 2.08 bits per heavy atom. The number of benzene rings is 1. The first-order valence-corrected chi connectivity index (χ1v) is 14.8. The smallest absolute Gasteiger partial charge is 0.308 e. The van der Waals surface area contributed by atoms with Gasteiger partial charge in [-0.15, -0.1) is 11.3 Å². The van der Waals surface area contributed by atoms with E-state index < -0.39 is 0 Å². The monoisotopic (exact) mass is 586 g/mol. The molecule has 1 N–H and O–H groups in total. The summed E-state index contributed by atoms with van der Waals surface area (Å²) in [6.07, 6.45) is 9.58. The van der Waals surface area contributed by atoms with Crippen LogP contribution in [-0.2, 0) is 19.7 Å². The number of esters is 1. The first-order valence-electron chi connectivity index (χ1n) is 13.1. The Balaban J connectivity index is 1.41. The summed E-state index contributed by atoms with van der Waals surface area (Å²) < 4.78 is 13.0. The zero-order chi connectivity index (χ0) is 26.0.